The molecule has 3 heterocycles. The molecule has 1 aliphatic heterocycles. The Morgan fingerprint density at radius 3 is 2.68 bits per heavy atom. The maximum absolute atomic E-state index is 13.4. The second kappa shape index (κ2) is 9.89. The zero-order valence-corrected chi connectivity index (χ0v) is 20.1. The molecule has 4 aromatic rings. The number of benzene rings is 2. The van der Waals surface area contributed by atoms with E-state index in [2.05, 4.69) is 28.2 Å². The molecule has 0 spiro atoms. The molecular weight excluding hydrogens is 446 g/mol. The molecule has 1 saturated heterocycles. The van der Waals surface area contributed by atoms with Crippen molar-refractivity contribution in [3.05, 3.63) is 82.5 Å². The highest BCUT2D eigenvalue weighted by Crippen LogP contribution is 2.28. The fraction of sp³-hybridized carbons (Fsp3) is 0.269. The Bertz CT molecular complexity index is 1290. The molecule has 1 fully saturated rings. The predicted octanol–water partition coefficient (Wildman–Crippen LogP) is 4.70. The Morgan fingerprint density at radius 2 is 1.91 bits per heavy atom. The van der Waals surface area contributed by atoms with Crippen LogP contribution in [-0.2, 0) is 11.3 Å². The summed E-state index contributed by atoms with van der Waals surface area (Å²) in [4.78, 5) is 20.4. The number of morpholine rings is 1. The van der Waals surface area contributed by atoms with Crippen LogP contribution < -0.4 is 5.32 Å². The quantitative estimate of drug-likeness (QED) is 0.440. The van der Waals surface area contributed by atoms with Crippen LogP contribution >= 0.6 is 11.3 Å². The number of aryl methyl sites for hydroxylation is 2. The SMILES string of the molecule is Cc1ccc(-c2nn(-c3ccccc3)cc2C(=O)Nc2nc(CN3CCOCC3)cs2)c(C)c1. The van der Waals surface area contributed by atoms with E-state index in [1.54, 1.807) is 10.9 Å². The third kappa shape index (κ3) is 4.94. The van der Waals surface area contributed by atoms with Gasteiger partial charge in [-0.3, -0.25) is 15.0 Å². The van der Waals surface area contributed by atoms with Gasteiger partial charge in [-0.1, -0.05) is 42.0 Å². The van der Waals surface area contributed by atoms with Crippen LogP contribution in [0.2, 0.25) is 0 Å². The second-order valence-corrected chi connectivity index (χ2v) is 9.33. The van der Waals surface area contributed by atoms with Gasteiger partial charge >= 0.3 is 0 Å². The van der Waals surface area contributed by atoms with Crippen LogP contribution in [-0.4, -0.2) is 51.9 Å². The van der Waals surface area contributed by atoms with Crippen molar-refractivity contribution in [1.29, 1.82) is 0 Å². The van der Waals surface area contributed by atoms with Crippen LogP contribution in [0, 0.1) is 13.8 Å². The van der Waals surface area contributed by atoms with Gasteiger partial charge in [0.15, 0.2) is 5.13 Å². The zero-order valence-electron chi connectivity index (χ0n) is 19.3. The van der Waals surface area contributed by atoms with Crippen molar-refractivity contribution in [3.63, 3.8) is 0 Å². The molecule has 5 rings (SSSR count). The molecule has 0 aliphatic carbocycles. The molecule has 0 unspecified atom stereocenters. The summed E-state index contributed by atoms with van der Waals surface area (Å²) in [6, 6.07) is 16.0. The number of rotatable bonds is 6. The summed E-state index contributed by atoms with van der Waals surface area (Å²) in [5.74, 6) is -0.218. The molecule has 8 heteroatoms. The van der Waals surface area contributed by atoms with E-state index in [0.29, 0.717) is 16.4 Å². The molecule has 2 aromatic heterocycles. The Labute approximate surface area is 203 Å². The van der Waals surface area contributed by atoms with E-state index in [9.17, 15) is 4.79 Å². The average Bonchev–Trinajstić information content (AvgIpc) is 3.48. The van der Waals surface area contributed by atoms with Crippen molar-refractivity contribution >= 4 is 22.4 Å². The van der Waals surface area contributed by atoms with Gasteiger partial charge in [-0.2, -0.15) is 5.10 Å². The number of aromatic nitrogens is 3. The van der Waals surface area contributed by atoms with Crippen LogP contribution in [0.4, 0.5) is 5.13 Å². The van der Waals surface area contributed by atoms with Gasteiger partial charge in [-0.15, -0.1) is 11.3 Å². The number of thiazole rings is 1. The molecule has 1 amide bonds. The van der Waals surface area contributed by atoms with Crippen molar-refractivity contribution in [2.45, 2.75) is 20.4 Å². The minimum atomic E-state index is -0.218. The number of hydrogen-bond acceptors (Lipinski definition) is 6. The van der Waals surface area contributed by atoms with Gasteiger partial charge in [-0.25, -0.2) is 9.67 Å². The summed E-state index contributed by atoms with van der Waals surface area (Å²) in [6.07, 6.45) is 1.79. The number of amides is 1. The first-order chi connectivity index (χ1) is 16.6. The lowest BCUT2D eigenvalue weighted by Crippen LogP contribution is -2.35. The summed E-state index contributed by atoms with van der Waals surface area (Å²) in [5.41, 5.74) is 6.22. The number of nitrogens with zero attached hydrogens (tertiary/aromatic N) is 4. The Kier molecular flexibility index (Phi) is 6.53. The molecule has 7 nitrogen and oxygen atoms in total. The molecule has 2 aromatic carbocycles. The smallest absolute Gasteiger partial charge is 0.261 e. The summed E-state index contributed by atoms with van der Waals surface area (Å²) < 4.78 is 7.18. The van der Waals surface area contributed by atoms with Gasteiger partial charge in [0.2, 0.25) is 0 Å². The van der Waals surface area contributed by atoms with Crippen LogP contribution in [0.15, 0.2) is 60.1 Å². The minimum Gasteiger partial charge on any atom is -0.379 e. The molecule has 34 heavy (non-hydrogen) atoms. The maximum atomic E-state index is 13.4. The summed E-state index contributed by atoms with van der Waals surface area (Å²) >= 11 is 1.44. The van der Waals surface area contributed by atoms with Gasteiger partial charge in [0.25, 0.3) is 5.91 Å². The van der Waals surface area contributed by atoms with E-state index in [4.69, 9.17) is 9.84 Å². The number of anilines is 1. The normalized spacial score (nSPS) is 14.3. The van der Waals surface area contributed by atoms with Crippen LogP contribution in [0.5, 0.6) is 0 Å². The van der Waals surface area contributed by atoms with E-state index < -0.39 is 0 Å². The number of hydrogen-bond donors (Lipinski definition) is 1. The second-order valence-electron chi connectivity index (χ2n) is 8.48. The van der Waals surface area contributed by atoms with Crippen molar-refractivity contribution < 1.29 is 9.53 Å². The number of nitrogens with one attached hydrogen (secondary N) is 1. The predicted molar refractivity (Wildman–Crippen MR) is 135 cm³/mol. The van der Waals surface area contributed by atoms with Gasteiger partial charge < -0.3 is 4.74 Å². The molecule has 1 N–H and O–H groups in total. The molecular formula is C26H27N5O2S. The third-order valence-corrected chi connectivity index (χ3v) is 6.68. The average molecular weight is 474 g/mol. The van der Waals surface area contributed by atoms with Gasteiger partial charge in [0, 0.05) is 36.8 Å². The van der Waals surface area contributed by atoms with Gasteiger partial charge in [-0.05, 0) is 31.5 Å². The van der Waals surface area contributed by atoms with E-state index in [1.165, 1.54) is 16.9 Å². The molecule has 0 bridgehead atoms. The molecule has 174 valence electrons. The van der Waals surface area contributed by atoms with Crippen LogP contribution in [0.3, 0.4) is 0 Å². The van der Waals surface area contributed by atoms with Crippen molar-refractivity contribution in [2.24, 2.45) is 0 Å². The summed E-state index contributed by atoms with van der Waals surface area (Å²) in [7, 11) is 0. The lowest BCUT2D eigenvalue weighted by molar-refractivity contribution is 0.0337. The van der Waals surface area contributed by atoms with E-state index in [-0.39, 0.29) is 5.91 Å². The van der Waals surface area contributed by atoms with Crippen LogP contribution in [0.25, 0.3) is 16.9 Å². The Morgan fingerprint density at radius 1 is 1.12 bits per heavy atom. The van der Waals surface area contributed by atoms with E-state index in [1.807, 2.05) is 54.8 Å². The fourth-order valence-corrected chi connectivity index (χ4v) is 4.82. The highest BCUT2D eigenvalue weighted by molar-refractivity contribution is 7.14. The van der Waals surface area contributed by atoms with Gasteiger partial charge in [0.05, 0.1) is 30.2 Å². The minimum absolute atomic E-state index is 0.218. The van der Waals surface area contributed by atoms with Crippen molar-refractivity contribution in [2.75, 3.05) is 31.6 Å². The Balaban J connectivity index is 1.42. The Hall–Kier alpha value is -3.33. The molecule has 0 atom stereocenters. The zero-order chi connectivity index (χ0) is 23.5. The first kappa shape index (κ1) is 22.5. The number of carbonyl (C=O) groups excluding carboxylic acids is 1. The van der Waals surface area contributed by atoms with Crippen LogP contribution in [0.1, 0.15) is 27.2 Å². The lowest BCUT2D eigenvalue weighted by atomic mass is 10.0. The van der Waals surface area contributed by atoms with Crippen molar-refractivity contribution in [1.82, 2.24) is 19.7 Å². The number of carbonyl (C=O) groups is 1. The highest BCUT2D eigenvalue weighted by atomic mass is 32.1. The third-order valence-electron chi connectivity index (χ3n) is 5.88. The van der Waals surface area contributed by atoms with Crippen molar-refractivity contribution in [3.8, 4) is 16.9 Å². The number of ether oxygens (including phenoxy) is 1. The monoisotopic (exact) mass is 473 g/mol. The first-order valence-electron chi connectivity index (χ1n) is 11.4. The summed E-state index contributed by atoms with van der Waals surface area (Å²) in [5, 5.41) is 10.4. The molecule has 0 saturated carbocycles. The maximum Gasteiger partial charge on any atom is 0.261 e. The lowest BCUT2D eigenvalue weighted by Gasteiger charge is -2.25. The highest BCUT2D eigenvalue weighted by Gasteiger charge is 2.21. The van der Waals surface area contributed by atoms with E-state index in [0.717, 1.165) is 55.4 Å². The molecule has 1 aliphatic rings. The number of para-hydroxylation sites is 1. The molecule has 0 radical (unpaired) electrons. The summed E-state index contributed by atoms with van der Waals surface area (Å²) in [6.45, 7) is 8.17. The van der Waals surface area contributed by atoms with E-state index >= 15 is 0 Å². The van der Waals surface area contributed by atoms with Gasteiger partial charge in [0.1, 0.15) is 5.69 Å². The standard InChI is InChI=1S/C26H27N5O2S/c1-18-8-9-22(19(2)14-18)24-23(16-31(29-24)21-6-4-3-5-7-21)25(32)28-26-27-20(17-34-26)15-30-10-12-33-13-11-30/h3-9,14,16-17H,10-13,15H2,1-2H3,(H,27,28,32). The largest absolute Gasteiger partial charge is 0.379 e. The first-order valence-corrected chi connectivity index (χ1v) is 12.2. The fourth-order valence-electron chi connectivity index (χ4n) is 4.12. The topological polar surface area (TPSA) is 72.3 Å².